The maximum absolute atomic E-state index is 12.9. The normalized spacial score (nSPS) is 15.8. The summed E-state index contributed by atoms with van der Waals surface area (Å²) < 4.78 is 8.70. The minimum atomic E-state index is -0.545. The first-order valence-electron chi connectivity index (χ1n) is 12.6. The first kappa shape index (κ1) is 26.0. The fourth-order valence-corrected chi connectivity index (χ4v) is 6.06. The van der Waals surface area contributed by atoms with E-state index in [4.69, 9.17) is 10.5 Å². The molecular formula is C26H32N8O3S. The summed E-state index contributed by atoms with van der Waals surface area (Å²) in [5.74, 6) is -0.101. The molecule has 1 saturated heterocycles. The first-order chi connectivity index (χ1) is 18.3. The number of ether oxygens (including phenoxy) is 1. The zero-order valence-corrected chi connectivity index (χ0v) is 22.8. The van der Waals surface area contributed by atoms with E-state index in [2.05, 4.69) is 39.2 Å². The van der Waals surface area contributed by atoms with Crippen molar-refractivity contribution in [3.63, 3.8) is 0 Å². The molecule has 2 amide bonds. The summed E-state index contributed by atoms with van der Waals surface area (Å²) in [5.41, 5.74) is 9.75. The third-order valence-electron chi connectivity index (χ3n) is 6.96. The fraction of sp³-hybridized carbons (Fsp3) is 0.423. The van der Waals surface area contributed by atoms with E-state index in [0.717, 1.165) is 40.4 Å². The number of rotatable bonds is 10. The summed E-state index contributed by atoms with van der Waals surface area (Å²) >= 11 is 1.41. The van der Waals surface area contributed by atoms with Gasteiger partial charge in [-0.2, -0.15) is 10.2 Å². The number of nitrogens with one attached hydrogen (secondary N) is 1. The Balaban J connectivity index is 1.51. The molecule has 12 heteroatoms. The van der Waals surface area contributed by atoms with Crippen molar-refractivity contribution in [1.29, 1.82) is 0 Å². The Labute approximate surface area is 224 Å². The Morgan fingerprint density at radius 3 is 2.76 bits per heavy atom. The van der Waals surface area contributed by atoms with Gasteiger partial charge in [-0.1, -0.05) is 13.8 Å². The van der Waals surface area contributed by atoms with Gasteiger partial charge in [0.05, 0.1) is 60.1 Å². The highest BCUT2D eigenvalue weighted by Crippen LogP contribution is 2.41. The maximum Gasteiger partial charge on any atom is 0.253 e. The number of pyridine rings is 1. The summed E-state index contributed by atoms with van der Waals surface area (Å²) in [5, 5.41) is 12.0. The van der Waals surface area contributed by atoms with E-state index in [1.807, 2.05) is 23.9 Å². The second-order valence-electron chi connectivity index (χ2n) is 9.88. The molecule has 0 aliphatic carbocycles. The highest BCUT2D eigenvalue weighted by atomic mass is 32.1. The number of hydrogen-bond acceptors (Lipinski definition) is 8. The molecular weight excluding hydrogens is 504 g/mol. The molecule has 38 heavy (non-hydrogen) atoms. The summed E-state index contributed by atoms with van der Waals surface area (Å²) in [7, 11) is 1.65. The summed E-state index contributed by atoms with van der Waals surface area (Å²) in [6.07, 6.45) is 7.98. The Morgan fingerprint density at radius 2 is 2.08 bits per heavy atom. The number of methoxy groups -OCH3 is 1. The zero-order valence-electron chi connectivity index (χ0n) is 22.0. The van der Waals surface area contributed by atoms with Gasteiger partial charge in [0.15, 0.2) is 0 Å². The van der Waals surface area contributed by atoms with Crippen molar-refractivity contribution in [3.8, 4) is 21.7 Å². The van der Waals surface area contributed by atoms with Crippen LogP contribution in [0.5, 0.6) is 0 Å². The molecule has 200 valence electrons. The number of primary amides is 1. The number of nitrogens with zero attached hydrogens (tertiary/aromatic N) is 6. The molecule has 1 unspecified atom stereocenters. The molecule has 0 spiro atoms. The van der Waals surface area contributed by atoms with Gasteiger partial charge in [0.25, 0.3) is 5.91 Å². The lowest BCUT2D eigenvalue weighted by Crippen LogP contribution is -2.53. The Bertz CT molecular complexity index is 1490. The average Bonchev–Trinajstić information content (AvgIpc) is 3.56. The lowest BCUT2D eigenvalue weighted by Gasteiger charge is -2.43. The zero-order chi connectivity index (χ0) is 27.0. The van der Waals surface area contributed by atoms with Crippen LogP contribution in [0.1, 0.15) is 36.3 Å². The fourth-order valence-electron chi connectivity index (χ4n) is 4.86. The van der Waals surface area contributed by atoms with Gasteiger partial charge >= 0.3 is 0 Å². The number of thiazole rings is 1. The van der Waals surface area contributed by atoms with E-state index < -0.39 is 5.91 Å². The Kier molecular flexibility index (Phi) is 7.28. The number of aryl methyl sites for hydroxylation is 1. The third kappa shape index (κ3) is 4.94. The topological polar surface area (TPSA) is 133 Å². The van der Waals surface area contributed by atoms with Crippen molar-refractivity contribution in [2.45, 2.75) is 39.8 Å². The van der Waals surface area contributed by atoms with Gasteiger partial charge in [-0.25, -0.2) is 4.52 Å². The number of aromatic nitrogens is 5. The number of nitrogens with two attached hydrogens (primary N) is 1. The van der Waals surface area contributed by atoms with Crippen LogP contribution in [0.15, 0.2) is 30.9 Å². The lowest BCUT2D eigenvalue weighted by molar-refractivity contribution is -0.119. The first-order valence-corrected chi connectivity index (χ1v) is 13.4. The van der Waals surface area contributed by atoms with E-state index in [0.29, 0.717) is 47.7 Å². The van der Waals surface area contributed by atoms with Crippen LogP contribution < -0.4 is 11.1 Å². The van der Waals surface area contributed by atoms with Crippen molar-refractivity contribution in [2.75, 3.05) is 32.1 Å². The SMILES string of the molecule is COCCn1cc(-c2sc3c(C(N)=O)cnn3c2-c2cc(NC(=O)CN3CCC3C(C)C)cnc2C)cn1. The van der Waals surface area contributed by atoms with E-state index in [1.54, 1.807) is 24.0 Å². The number of likely N-dealkylation sites (tertiary alicyclic amines) is 1. The monoisotopic (exact) mass is 536 g/mol. The van der Waals surface area contributed by atoms with Crippen molar-refractivity contribution in [3.05, 3.63) is 42.1 Å². The summed E-state index contributed by atoms with van der Waals surface area (Å²) in [6.45, 7) is 8.70. The maximum atomic E-state index is 12.9. The molecule has 4 aromatic heterocycles. The molecule has 0 radical (unpaired) electrons. The van der Waals surface area contributed by atoms with Crippen LogP contribution in [-0.4, -0.2) is 73.9 Å². The minimum Gasteiger partial charge on any atom is -0.383 e. The molecule has 3 N–H and O–H groups in total. The number of fused-ring (bicyclic) bond motifs is 1. The standard InChI is InChI=1S/C26H32N8O3S/c1-15(2)21-5-6-32(21)14-22(35)31-18-9-19(16(3)28-11-18)23-24(17-10-29-33(13-17)7-8-37-4)38-26-20(25(27)36)12-30-34(23)26/h9-13,15,21H,5-8,14H2,1-4H3,(H2,27,36)(H,31,35). The molecule has 0 bridgehead atoms. The highest BCUT2D eigenvalue weighted by Gasteiger charge is 2.31. The van der Waals surface area contributed by atoms with Crippen molar-refractivity contribution in [1.82, 2.24) is 29.3 Å². The average molecular weight is 537 g/mol. The third-order valence-corrected chi connectivity index (χ3v) is 8.18. The second kappa shape index (κ2) is 10.6. The van der Waals surface area contributed by atoms with Gasteiger partial charge in [0.1, 0.15) is 4.83 Å². The minimum absolute atomic E-state index is 0.0721. The molecule has 1 fully saturated rings. The second-order valence-corrected chi connectivity index (χ2v) is 10.9. The number of carbonyl (C=O) groups is 2. The Hall–Kier alpha value is -3.61. The van der Waals surface area contributed by atoms with Crippen molar-refractivity contribution >= 4 is 33.7 Å². The molecule has 5 heterocycles. The van der Waals surface area contributed by atoms with Gasteiger partial charge in [-0.15, -0.1) is 11.3 Å². The molecule has 1 aliphatic rings. The van der Waals surface area contributed by atoms with Crippen LogP contribution in [0.2, 0.25) is 0 Å². The molecule has 11 nitrogen and oxygen atoms in total. The van der Waals surface area contributed by atoms with E-state index in [1.165, 1.54) is 17.5 Å². The highest BCUT2D eigenvalue weighted by molar-refractivity contribution is 7.21. The van der Waals surface area contributed by atoms with Crippen LogP contribution >= 0.6 is 11.3 Å². The van der Waals surface area contributed by atoms with Gasteiger partial charge in [0, 0.05) is 42.7 Å². The molecule has 1 atom stereocenters. The quantitative estimate of drug-likeness (QED) is 0.318. The van der Waals surface area contributed by atoms with E-state index in [9.17, 15) is 9.59 Å². The van der Waals surface area contributed by atoms with Gasteiger partial charge in [0.2, 0.25) is 5.91 Å². The molecule has 1 aliphatic heterocycles. The molecule has 0 aromatic carbocycles. The smallest absolute Gasteiger partial charge is 0.253 e. The molecule has 4 aromatic rings. The number of hydrogen-bond donors (Lipinski definition) is 2. The van der Waals surface area contributed by atoms with Crippen LogP contribution in [0.4, 0.5) is 5.69 Å². The predicted molar refractivity (Wildman–Crippen MR) is 146 cm³/mol. The van der Waals surface area contributed by atoms with Crippen molar-refractivity contribution in [2.24, 2.45) is 11.7 Å². The van der Waals surface area contributed by atoms with E-state index in [-0.39, 0.29) is 5.91 Å². The van der Waals surface area contributed by atoms with Gasteiger partial charge in [-0.3, -0.25) is 24.2 Å². The number of amides is 2. The van der Waals surface area contributed by atoms with Crippen LogP contribution in [0.25, 0.3) is 26.5 Å². The van der Waals surface area contributed by atoms with Gasteiger partial charge < -0.3 is 15.8 Å². The molecule has 0 saturated carbocycles. The van der Waals surface area contributed by atoms with Crippen LogP contribution in [0.3, 0.4) is 0 Å². The van der Waals surface area contributed by atoms with E-state index >= 15 is 0 Å². The predicted octanol–water partition coefficient (Wildman–Crippen LogP) is 3.04. The summed E-state index contributed by atoms with van der Waals surface area (Å²) in [6, 6.07) is 2.35. The van der Waals surface area contributed by atoms with Crippen LogP contribution in [-0.2, 0) is 16.1 Å². The lowest BCUT2D eigenvalue weighted by atomic mass is 9.92. The molecule has 5 rings (SSSR count). The summed E-state index contributed by atoms with van der Waals surface area (Å²) in [4.78, 5) is 33.3. The largest absolute Gasteiger partial charge is 0.383 e. The number of anilines is 1. The van der Waals surface area contributed by atoms with Crippen LogP contribution in [0, 0.1) is 12.8 Å². The van der Waals surface area contributed by atoms with Crippen molar-refractivity contribution < 1.29 is 14.3 Å². The van der Waals surface area contributed by atoms with Gasteiger partial charge in [-0.05, 0) is 25.3 Å². The number of carbonyl (C=O) groups excluding carboxylic acids is 2. The Morgan fingerprint density at radius 1 is 1.26 bits per heavy atom.